The molecule has 5 aromatic rings. The highest BCUT2D eigenvalue weighted by atomic mass is 79.9. The third kappa shape index (κ3) is 3.70. The fraction of sp³-hybridized carbons (Fsp3) is 0.0417. The lowest BCUT2D eigenvalue weighted by molar-refractivity contribution is 0.414. The summed E-state index contributed by atoms with van der Waals surface area (Å²) in [7, 11) is 1.58. The highest BCUT2D eigenvalue weighted by Gasteiger charge is 2.16. The standard InChI is InChI=1S/C24H15BrClN3O3/c1-31-20-8-6-16(25)10-15(20)13-27-29-23(28-19-5-3-2-4-18(19)24(29)30)22-12-14-11-17(26)7-9-21(14)32-22/h2-13H,1H3. The van der Waals surface area contributed by atoms with E-state index in [1.807, 2.05) is 24.3 Å². The Morgan fingerprint density at radius 2 is 1.97 bits per heavy atom. The molecule has 0 atom stereocenters. The molecule has 0 radical (unpaired) electrons. The zero-order valence-corrected chi connectivity index (χ0v) is 19.1. The van der Waals surface area contributed by atoms with Crippen LogP contribution in [0.4, 0.5) is 0 Å². The van der Waals surface area contributed by atoms with Gasteiger partial charge < -0.3 is 9.15 Å². The largest absolute Gasteiger partial charge is 0.496 e. The summed E-state index contributed by atoms with van der Waals surface area (Å²) in [5.41, 5.74) is 1.58. The minimum Gasteiger partial charge on any atom is -0.496 e. The van der Waals surface area contributed by atoms with Gasteiger partial charge in [-0.2, -0.15) is 9.78 Å². The number of ether oxygens (including phenoxy) is 1. The third-order valence-electron chi connectivity index (χ3n) is 4.96. The van der Waals surface area contributed by atoms with Crippen LogP contribution in [0.1, 0.15) is 5.56 Å². The number of methoxy groups -OCH3 is 1. The maximum atomic E-state index is 13.3. The van der Waals surface area contributed by atoms with E-state index in [0.717, 1.165) is 9.86 Å². The molecule has 2 heterocycles. The number of hydrogen-bond donors (Lipinski definition) is 0. The molecule has 0 N–H and O–H groups in total. The molecule has 0 aliphatic carbocycles. The van der Waals surface area contributed by atoms with Crippen molar-refractivity contribution < 1.29 is 9.15 Å². The average molecular weight is 509 g/mol. The van der Waals surface area contributed by atoms with Crippen LogP contribution >= 0.6 is 27.5 Å². The molecule has 0 fully saturated rings. The van der Waals surface area contributed by atoms with Gasteiger partial charge in [0.1, 0.15) is 11.3 Å². The van der Waals surface area contributed by atoms with Gasteiger partial charge in [0.25, 0.3) is 5.56 Å². The van der Waals surface area contributed by atoms with Crippen molar-refractivity contribution in [3.8, 4) is 17.3 Å². The average Bonchev–Trinajstić information content (AvgIpc) is 3.21. The van der Waals surface area contributed by atoms with E-state index in [9.17, 15) is 4.79 Å². The number of halogens is 2. The van der Waals surface area contributed by atoms with Crippen molar-refractivity contribution in [2.45, 2.75) is 0 Å². The van der Waals surface area contributed by atoms with Gasteiger partial charge in [-0.05, 0) is 54.6 Å². The molecule has 0 bridgehead atoms. The van der Waals surface area contributed by atoms with E-state index in [-0.39, 0.29) is 11.4 Å². The Hall–Kier alpha value is -3.42. The van der Waals surface area contributed by atoms with Crippen LogP contribution in [0.15, 0.2) is 85.5 Å². The van der Waals surface area contributed by atoms with Gasteiger partial charge in [-0.25, -0.2) is 4.98 Å². The van der Waals surface area contributed by atoms with Crippen molar-refractivity contribution in [2.75, 3.05) is 7.11 Å². The van der Waals surface area contributed by atoms with Crippen LogP contribution < -0.4 is 10.3 Å². The molecule has 0 spiro atoms. The van der Waals surface area contributed by atoms with Gasteiger partial charge in [-0.3, -0.25) is 4.79 Å². The van der Waals surface area contributed by atoms with Gasteiger partial charge in [0.2, 0.25) is 5.82 Å². The van der Waals surface area contributed by atoms with E-state index < -0.39 is 0 Å². The molecule has 0 aliphatic heterocycles. The Kier molecular flexibility index (Phi) is 5.28. The molecule has 0 saturated heterocycles. The summed E-state index contributed by atoms with van der Waals surface area (Å²) in [6, 6.07) is 19.8. The molecule has 6 nitrogen and oxygen atoms in total. The van der Waals surface area contributed by atoms with Gasteiger partial charge >= 0.3 is 0 Å². The molecule has 0 amide bonds. The first-order valence-corrected chi connectivity index (χ1v) is 10.8. The van der Waals surface area contributed by atoms with Gasteiger partial charge in [0, 0.05) is 20.4 Å². The molecular formula is C24H15BrClN3O3. The summed E-state index contributed by atoms with van der Waals surface area (Å²) in [5, 5.41) is 6.32. The Labute approximate surface area is 195 Å². The van der Waals surface area contributed by atoms with Crippen LogP contribution in [0.25, 0.3) is 33.5 Å². The topological polar surface area (TPSA) is 69.6 Å². The number of aromatic nitrogens is 2. The predicted octanol–water partition coefficient (Wildman–Crippen LogP) is 6.12. The lowest BCUT2D eigenvalue weighted by Gasteiger charge is -2.08. The van der Waals surface area contributed by atoms with Gasteiger partial charge in [-0.1, -0.05) is 39.7 Å². The monoisotopic (exact) mass is 507 g/mol. The fourth-order valence-corrected chi connectivity index (χ4v) is 4.00. The fourth-order valence-electron chi connectivity index (χ4n) is 3.44. The number of fused-ring (bicyclic) bond motifs is 2. The quantitative estimate of drug-likeness (QED) is 0.274. The maximum absolute atomic E-state index is 13.3. The Morgan fingerprint density at radius 1 is 1.12 bits per heavy atom. The number of benzene rings is 3. The van der Waals surface area contributed by atoms with Gasteiger partial charge in [0.05, 0.1) is 24.2 Å². The van der Waals surface area contributed by atoms with E-state index in [2.05, 4.69) is 26.0 Å². The van der Waals surface area contributed by atoms with E-state index in [0.29, 0.717) is 38.6 Å². The smallest absolute Gasteiger partial charge is 0.282 e. The summed E-state index contributed by atoms with van der Waals surface area (Å²) >= 11 is 9.57. The minimum atomic E-state index is -0.311. The molecule has 2 aromatic heterocycles. The summed E-state index contributed by atoms with van der Waals surface area (Å²) in [5.74, 6) is 1.31. The Morgan fingerprint density at radius 3 is 2.81 bits per heavy atom. The van der Waals surface area contributed by atoms with Crippen LogP contribution in [0.2, 0.25) is 5.02 Å². The second-order valence-electron chi connectivity index (χ2n) is 6.99. The molecule has 8 heteroatoms. The summed E-state index contributed by atoms with van der Waals surface area (Å²) in [4.78, 5) is 18.0. The molecule has 5 rings (SSSR count). The summed E-state index contributed by atoms with van der Waals surface area (Å²) < 4.78 is 13.5. The first-order chi connectivity index (χ1) is 15.5. The van der Waals surface area contributed by atoms with Crippen molar-refractivity contribution in [1.82, 2.24) is 9.66 Å². The van der Waals surface area contributed by atoms with E-state index >= 15 is 0 Å². The molecular weight excluding hydrogens is 494 g/mol. The second kappa shape index (κ2) is 8.26. The third-order valence-corrected chi connectivity index (χ3v) is 5.68. The van der Waals surface area contributed by atoms with Gasteiger partial charge in [-0.15, -0.1) is 0 Å². The number of furan rings is 1. The number of rotatable bonds is 4. The zero-order chi connectivity index (χ0) is 22.2. The molecule has 0 saturated carbocycles. The Balaban J connectivity index is 1.74. The van der Waals surface area contributed by atoms with Crippen LogP contribution in [-0.4, -0.2) is 23.0 Å². The summed E-state index contributed by atoms with van der Waals surface area (Å²) in [6.07, 6.45) is 1.56. The van der Waals surface area contributed by atoms with Crippen molar-refractivity contribution in [1.29, 1.82) is 0 Å². The number of para-hydroxylation sites is 1. The van der Waals surface area contributed by atoms with Crippen LogP contribution in [0.5, 0.6) is 5.75 Å². The van der Waals surface area contributed by atoms with Crippen molar-refractivity contribution in [3.05, 3.63) is 92.1 Å². The second-order valence-corrected chi connectivity index (χ2v) is 8.35. The minimum absolute atomic E-state index is 0.284. The number of hydrogen-bond acceptors (Lipinski definition) is 5. The molecule has 0 aliphatic rings. The zero-order valence-electron chi connectivity index (χ0n) is 16.8. The van der Waals surface area contributed by atoms with Crippen molar-refractivity contribution in [3.63, 3.8) is 0 Å². The van der Waals surface area contributed by atoms with Crippen LogP contribution in [0.3, 0.4) is 0 Å². The highest BCUT2D eigenvalue weighted by molar-refractivity contribution is 9.10. The van der Waals surface area contributed by atoms with E-state index in [4.69, 9.17) is 20.8 Å². The lowest BCUT2D eigenvalue weighted by Crippen LogP contribution is -2.20. The maximum Gasteiger partial charge on any atom is 0.282 e. The van der Waals surface area contributed by atoms with Gasteiger partial charge in [0.15, 0.2) is 5.76 Å². The SMILES string of the molecule is COc1ccc(Br)cc1C=Nn1c(-c2cc3cc(Cl)ccc3o2)nc2ccccc2c1=O. The molecule has 3 aromatic carbocycles. The highest BCUT2D eigenvalue weighted by Crippen LogP contribution is 2.29. The van der Waals surface area contributed by atoms with Crippen LogP contribution in [0, 0.1) is 0 Å². The lowest BCUT2D eigenvalue weighted by atomic mass is 10.2. The first-order valence-electron chi connectivity index (χ1n) is 9.62. The summed E-state index contributed by atoms with van der Waals surface area (Å²) in [6.45, 7) is 0. The van der Waals surface area contributed by atoms with Crippen molar-refractivity contribution >= 4 is 55.6 Å². The van der Waals surface area contributed by atoms with Crippen LogP contribution in [-0.2, 0) is 0 Å². The normalized spacial score (nSPS) is 11.6. The van der Waals surface area contributed by atoms with Crippen molar-refractivity contribution in [2.24, 2.45) is 5.10 Å². The molecule has 158 valence electrons. The molecule has 32 heavy (non-hydrogen) atoms. The first kappa shape index (κ1) is 20.5. The Bertz CT molecular complexity index is 1570. The predicted molar refractivity (Wildman–Crippen MR) is 130 cm³/mol. The molecule has 0 unspecified atom stereocenters. The number of nitrogens with zero attached hydrogens (tertiary/aromatic N) is 3. The van der Waals surface area contributed by atoms with E-state index in [1.54, 1.807) is 55.8 Å². The van der Waals surface area contributed by atoms with E-state index in [1.165, 1.54) is 4.68 Å².